The maximum atomic E-state index is 13.7. The minimum Gasteiger partial charge on any atom is -0.494 e. The zero-order valence-corrected chi connectivity index (χ0v) is 11.0. The lowest BCUT2D eigenvalue weighted by atomic mass is 10.1. The lowest BCUT2D eigenvalue weighted by Gasteiger charge is -2.06. The first kappa shape index (κ1) is 14.0. The molecule has 4 heteroatoms. The van der Waals surface area contributed by atoms with E-state index in [0.29, 0.717) is 11.3 Å². The van der Waals surface area contributed by atoms with Crippen LogP contribution in [0.25, 0.3) is 0 Å². The van der Waals surface area contributed by atoms with Gasteiger partial charge < -0.3 is 4.74 Å². The van der Waals surface area contributed by atoms with Crippen LogP contribution in [0.3, 0.4) is 0 Å². The predicted molar refractivity (Wildman–Crippen MR) is 69.3 cm³/mol. The molecule has 0 heterocycles. The standard InChI is InChI=1S/C13H17FO2S/c1-3-7-17-9-11(15)8-10-5-4-6-12(16-2)13(10)14/h4-6H,3,7-9H2,1-2H3. The van der Waals surface area contributed by atoms with E-state index in [4.69, 9.17) is 4.74 Å². The van der Waals surface area contributed by atoms with E-state index >= 15 is 0 Å². The second-order valence-electron chi connectivity index (χ2n) is 3.70. The number of Topliss-reactive ketones (excluding diaryl/α,β-unsaturated/α-hetero) is 1. The topological polar surface area (TPSA) is 26.3 Å². The summed E-state index contributed by atoms with van der Waals surface area (Å²) >= 11 is 1.59. The Balaban J connectivity index is 2.59. The maximum absolute atomic E-state index is 13.7. The number of thioether (sulfide) groups is 1. The summed E-state index contributed by atoms with van der Waals surface area (Å²) in [5.41, 5.74) is 0.409. The zero-order valence-electron chi connectivity index (χ0n) is 10.2. The van der Waals surface area contributed by atoms with Crippen LogP contribution in [0.2, 0.25) is 0 Å². The highest BCUT2D eigenvalue weighted by atomic mass is 32.2. The van der Waals surface area contributed by atoms with Crippen LogP contribution in [0.15, 0.2) is 18.2 Å². The van der Waals surface area contributed by atoms with Gasteiger partial charge in [-0.15, -0.1) is 0 Å². The number of carbonyl (C=O) groups excluding carboxylic acids is 1. The normalized spacial score (nSPS) is 10.3. The average molecular weight is 256 g/mol. The number of rotatable bonds is 7. The van der Waals surface area contributed by atoms with Gasteiger partial charge in [0, 0.05) is 6.42 Å². The SMILES string of the molecule is CCCSCC(=O)Cc1cccc(OC)c1F. The molecule has 0 saturated carbocycles. The Morgan fingerprint density at radius 3 is 2.88 bits per heavy atom. The molecule has 0 saturated heterocycles. The van der Waals surface area contributed by atoms with Gasteiger partial charge in [0.15, 0.2) is 11.6 Å². The van der Waals surface area contributed by atoms with Crippen molar-refractivity contribution < 1.29 is 13.9 Å². The molecule has 2 nitrogen and oxygen atoms in total. The van der Waals surface area contributed by atoms with Gasteiger partial charge in [0.1, 0.15) is 5.78 Å². The van der Waals surface area contributed by atoms with Crippen molar-refractivity contribution in [3.8, 4) is 5.75 Å². The lowest BCUT2D eigenvalue weighted by molar-refractivity contribution is -0.116. The van der Waals surface area contributed by atoms with Crippen molar-refractivity contribution in [3.05, 3.63) is 29.6 Å². The van der Waals surface area contributed by atoms with Crippen LogP contribution in [-0.4, -0.2) is 24.4 Å². The molecule has 0 aromatic heterocycles. The van der Waals surface area contributed by atoms with Crippen molar-refractivity contribution in [2.75, 3.05) is 18.6 Å². The summed E-state index contributed by atoms with van der Waals surface area (Å²) in [4.78, 5) is 11.6. The number of hydrogen-bond acceptors (Lipinski definition) is 3. The Kier molecular flexibility index (Phi) is 6.05. The molecular formula is C13H17FO2S. The van der Waals surface area contributed by atoms with Crippen LogP contribution in [0.5, 0.6) is 5.75 Å². The number of hydrogen-bond donors (Lipinski definition) is 0. The van der Waals surface area contributed by atoms with Crippen LogP contribution >= 0.6 is 11.8 Å². The quantitative estimate of drug-likeness (QED) is 0.701. The maximum Gasteiger partial charge on any atom is 0.168 e. The van der Waals surface area contributed by atoms with Crippen LogP contribution in [0.4, 0.5) is 4.39 Å². The molecule has 0 aliphatic carbocycles. The minimum absolute atomic E-state index is 0.0515. The van der Waals surface area contributed by atoms with E-state index in [1.54, 1.807) is 30.0 Å². The fourth-order valence-electron chi connectivity index (χ4n) is 1.44. The largest absolute Gasteiger partial charge is 0.494 e. The third kappa shape index (κ3) is 4.38. The fraction of sp³-hybridized carbons (Fsp3) is 0.462. The molecule has 1 aromatic rings. The van der Waals surface area contributed by atoms with E-state index in [-0.39, 0.29) is 18.0 Å². The molecule has 1 aromatic carbocycles. The molecule has 0 aliphatic rings. The third-order valence-electron chi connectivity index (χ3n) is 2.26. The number of carbonyl (C=O) groups is 1. The van der Waals surface area contributed by atoms with Gasteiger partial charge in [-0.25, -0.2) is 4.39 Å². The summed E-state index contributed by atoms with van der Waals surface area (Å²) in [6, 6.07) is 4.87. The van der Waals surface area contributed by atoms with E-state index in [1.807, 2.05) is 0 Å². The van der Waals surface area contributed by atoms with E-state index in [0.717, 1.165) is 12.2 Å². The molecule has 94 valence electrons. The van der Waals surface area contributed by atoms with E-state index < -0.39 is 5.82 Å². The number of ketones is 1. The summed E-state index contributed by atoms with van der Waals surface area (Å²) in [5.74, 6) is 1.23. The Bertz CT molecular complexity index is 380. The Labute approximate surface area is 106 Å². The van der Waals surface area contributed by atoms with Crippen molar-refractivity contribution >= 4 is 17.5 Å². The van der Waals surface area contributed by atoms with Crippen LogP contribution in [0, 0.1) is 5.82 Å². The van der Waals surface area contributed by atoms with Crippen molar-refractivity contribution in [2.45, 2.75) is 19.8 Å². The van der Waals surface area contributed by atoms with Crippen LogP contribution in [0.1, 0.15) is 18.9 Å². The summed E-state index contributed by atoms with van der Waals surface area (Å²) in [6.07, 6.45) is 1.19. The van der Waals surface area contributed by atoms with E-state index in [9.17, 15) is 9.18 Å². The molecule has 0 bridgehead atoms. The average Bonchev–Trinajstić information content (AvgIpc) is 2.32. The van der Waals surface area contributed by atoms with Gasteiger partial charge in [-0.1, -0.05) is 19.1 Å². The van der Waals surface area contributed by atoms with Crippen LogP contribution < -0.4 is 4.74 Å². The predicted octanol–water partition coefficient (Wildman–Crippen LogP) is 3.09. The second kappa shape index (κ2) is 7.33. The summed E-state index contributed by atoms with van der Waals surface area (Å²) in [5, 5.41) is 0. The molecule has 0 aliphatic heterocycles. The molecule has 0 amide bonds. The molecule has 1 rings (SSSR count). The highest BCUT2D eigenvalue weighted by Crippen LogP contribution is 2.20. The highest BCUT2D eigenvalue weighted by Gasteiger charge is 2.11. The lowest BCUT2D eigenvalue weighted by Crippen LogP contribution is -2.08. The van der Waals surface area contributed by atoms with Crippen molar-refractivity contribution in [3.63, 3.8) is 0 Å². The fourth-order valence-corrected chi connectivity index (χ4v) is 2.21. The van der Waals surface area contributed by atoms with Crippen molar-refractivity contribution in [1.29, 1.82) is 0 Å². The van der Waals surface area contributed by atoms with Gasteiger partial charge in [0.2, 0.25) is 0 Å². The number of benzene rings is 1. The molecule has 17 heavy (non-hydrogen) atoms. The molecule has 0 N–H and O–H groups in total. The third-order valence-corrected chi connectivity index (χ3v) is 3.49. The van der Waals surface area contributed by atoms with Gasteiger partial charge in [-0.3, -0.25) is 4.79 Å². The van der Waals surface area contributed by atoms with Gasteiger partial charge >= 0.3 is 0 Å². The molecular weight excluding hydrogens is 239 g/mol. The monoisotopic (exact) mass is 256 g/mol. The van der Waals surface area contributed by atoms with Gasteiger partial charge in [0.25, 0.3) is 0 Å². The van der Waals surface area contributed by atoms with Gasteiger partial charge in [0.05, 0.1) is 12.9 Å². The number of halogens is 1. The van der Waals surface area contributed by atoms with Crippen LogP contribution in [-0.2, 0) is 11.2 Å². The molecule has 0 unspecified atom stereocenters. The second-order valence-corrected chi connectivity index (χ2v) is 4.81. The van der Waals surface area contributed by atoms with Crippen molar-refractivity contribution in [2.24, 2.45) is 0 Å². The van der Waals surface area contributed by atoms with Gasteiger partial charge in [-0.2, -0.15) is 11.8 Å². The highest BCUT2D eigenvalue weighted by molar-refractivity contribution is 7.99. The number of ether oxygens (including phenoxy) is 1. The molecule has 0 spiro atoms. The summed E-state index contributed by atoms with van der Waals surface area (Å²) < 4.78 is 18.6. The molecule has 0 fully saturated rings. The van der Waals surface area contributed by atoms with Gasteiger partial charge in [-0.05, 0) is 23.8 Å². The minimum atomic E-state index is -0.427. The summed E-state index contributed by atoms with van der Waals surface area (Å²) in [6.45, 7) is 2.07. The molecule has 0 atom stereocenters. The smallest absolute Gasteiger partial charge is 0.168 e. The first-order valence-electron chi connectivity index (χ1n) is 5.59. The first-order chi connectivity index (χ1) is 8.19. The molecule has 0 radical (unpaired) electrons. The summed E-state index contributed by atoms with van der Waals surface area (Å²) in [7, 11) is 1.42. The van der Waals surface area contributed by atoms with E-state index in [2.05, 4.69) is 6.92 Å². The van der Waals surface area contributed by atoms with E-state index in [1.165, 1.54) is 7.11 Å². The zero-order chi connectivity index (χ0) is 12.7. The number of methoxy groups -OCH3 is 1. The Morgan fingerprint density at radius 1 is 1.47 bits per heavy atom. The van der Waals surface area contributed by atoms with Crippen molar-refractivity contribution in [1.82, 2.24) is 0 Å². The first-order valence-corrected chi connectivity index (χ1v) is 6.75. The Morgan fingerprint density at radius 2 is 2.24 bits per heavy atom. The Hall–Kier alpha value is -1.03.